The summed E-state index contributed by atoms with van der Waals surface area (Å²) in [6.45, 7) is 3.83. The average molecular weight is 218 g/mol. The van der Waals surface area contributed by atoms with Gasteiger partial charge in [-0.1, -0.05) is 30.7 Å². The summed E-state index contributed by atoms with van der Waals surface area (Å²) in [5, 5.41) is 10.5. The van der Waals surface area contributed by atoms with Crippen LogP contribution in [0.15, 0.2) is 35.1 Å². The van der Waals surface area contributed by atoms with Gasteiger partial charge in [-0.3, -0.25) is 4.79 Å². The van der Waals surface area contributed by atoms with Gasteiger partial charge in [0.25, 0.3) is 0 Å². The van der Waals surface area contributed by atoms with Gasteiger partial charge in [-0.25, -0.2) is 0 Å². The van der Waals surface area contributed by atoms with Crippen LogP contribution in [0.2, 0.25) is 0 Å². The Morgan fingerprint density at radius 3 is 3.00 bits per heavy atom. The Morgan fingerprint density at radius 2 is 2.44 bits per heavy atom. The fourth-order valence-corrected chi connectivity index (χ4v) is 1.62. The Bertz CT molecular complexity index is 364. The van der Waals surface area contributed by atoms with Crippen molar-refractivity contribution in [2.75, 3.05) is 0 Å². The molecule has 0 heterocycles. The fraction of sp³-hybridized carbons (Fsp3) is 0.385. The first-order valence-corrected chi connectivity index (χ1v) is 5.51. The van der Waals surface area contributed by atoms with Gasteiger partial charge >= 0.3 is 0 Å². The van der Waals surface area contributed by atoms with Crippen LogP contribution in [0.3, 0.4) is 0 Å². The number of rotatable bonds is 5. The first-order chi connectivity index (χ1) is 7.71. The molecule has 0 aliphatic heterocycles. The molecule has 3 heteroatoms. The Labute approximate surface area is 96.4 Å². The SMILES string of the molecule is CCC1=CC(N/C(C=N)=C(\C)C=O)CC=C1. The smallest absolute Gasteiger partial charge is 0.147 e. The molecule has 0 aromatic heterocycles. The third kappa shape index (κ3) is 3.19. The Kier molecular flexibility index (Phi) is 4.70. The minimum atomic E-state index is 0.187. The van der Waals surface area contributed by atoms with Gasteiger partial charge < -0.3 is 10.7 Å². The maximum Gasteiger partial charge on any atom is 0.147 e. The van der Waals surface area contributed by atoms with E-state index < -0.39 is 0 Å². The van der Waals surface area contributed by atoms with Gasteiger partial charge in [0.15, 0.2) is 0 Å². The Hall–Kier alpha value is -1.64. The van der Waals surface area contributed by atoms with E-state index in [-0.39, 0.29) is 6.04 Å². The van der Waals surface area contributed by atoms with Crippen LogP contribution in [0.5, 0.6) is 0 Å². The van der Waals surface area contributed by atoms with Crippen molar-refractivity contribution in [2.24, 2.45) is 0 Å². The van der Waals surface area contributed by atoms with Crippen molar-refractivity contribution in [1.82, 2.24) is 5.32 Å². The van der Waals surface area contributed by atoms with Gasteiger partial charge in [0.05, 0.1) is 5.70 Å². The molecule has 0 fully saturated rings. The van der Waals surface area contributed by atoms with Crippen molar-refractivity contribution in [3.8, 4) is 0 Å². The summed E-state index contributed by atoms with van der Waals surface area (Å²) < 4.78 is 0. The lowest BCUT2D eigenvalue weighted by Gasteiger charge is -2.19. The molecular weight excluding hydrogens is 200 g/mol. The van der Waals surface area contributed by atoms with Crippen LogP contribution in [0.25, 0.3) is 0 Å². The van der Waals surface area contributed by atoms with E-state index in [2.05, 4.69) is 30.5 Å². The number of carbonyl (C=O) groups is 1. The van der Waals surface area contributed by atoms with Crippen LogP contribution in [0.1, 0.15) is 26.7 Å². The van der Waals surface area contributed by atoms with Crippen molar-refractivity contribution >= 4 is 12.5 Å². The minimum Gasteiger partial charge on any atom is -0.377 e. The third-order valence-electron chi connectivity index (χ3n) is 2.63. The van der Waals surface area contributed by atoms with E-state index >= 15 is 0 Å². The second-order valence-corrected chi connectivity index (χ2v) is 3.84. The maximum absolute atomic E-state index is 10.6. The van der Waals surface area contributed by atoms with Gasteiger partial charge in [-0.05, 0) is 19.8 Å². The largest absolute Gasteiger partial charge is 0.377 e. The van der Waals surface area contributed by atoms with Gasteiger partial charge in [0.1, 0.15) is 6.29 Å². The molecular formula is C13H18N2O. The summed E-state index contributed by atoms with van der Waals surface area (Å²) in [5.74, 6) is 0. The molecule has 1 unspecified atom stereocenters. The van der Waals surface area contributed by atoms with Crippen LogP contribution in [0, 0.1) is 5.41 Å². The van der Waals surface area contributed by atoms with E-state index in [1.54, 1.807) is 6.92 Å². The zero-order valence-corrected chi connectivity index (χ0v) is 9.79. The molecule has 16 heavy (non-hydrogen) atoms. The van der Waals surface area contributed by atoms with E-state index in [0.29, 0.717) is 11.3 Å². The second kappa shape index (κ2) is 6.05. The van der Waals surface area contributed by atoms with Gasteiger partial charge in [-0.15, -0.1) is 0 Å². The van der Waals surface area contributed by atoms with Crippen molar-refractivity contribution in [2.45, 2.75) is 32.7 Å². The van der Waals surface area contributed by atoms with Crippen molar-refractivity contribution in [3.63, 3.8) is 0 Å². The lowest BCUT2D eigenvalue weighted by Crippen LogP contribution is -2.29. The second-order valence-electron chi connectivity index (χ2n) is 3.84. The summed E-state index contributed by atoms with van der Waals surface area (Å²) in [5.41, 5.74) is 2.45. The molecule has 0 saturated carbocycles. The summed E-state index contributed by atoms with van der Waals surface area (Å²) in [4.78, 5) is 10.6. The zero-order chi connectivity index (χ0) is 12.0. The molecule has 0 spiro atoms. The van der Waals surface area contributed by atoms with Gasteiger partial charge in [0.2, 0.25) is 0 Å². The average Bonchev–Trinajstić information content (AvgIpc) is 2.35. The first-order valence-electron chi connectivity index (χ1n) is 5.51. The Morgan fingerprint density at radius 1 is 1.69 bits per heavy atom. The Balaban J connectivity index is 2.75. The fourth-order valence-electron chi connectivity index (χ4n) is 1.62. The molecule has 0 aromatic carbocycles. The molecule has 0 saturated heterocycles. The predicted molar refractivity (Wildman–Crippen MR) is 66.6 cm³/mol. The van der Waals surface area contributed by atoms with E-state index in [1.807, 2.05) is 0 Å². The molecule has 0 radical (unpaired) electrons. The zero-order valence-electron chi connectivity index (χ0n) is 9.79. The molecule has 0 aromatic rings. The van der Waals surface area contributed by atoms with Crippen molar-refractivity contribution in [3.05, 3.63) is 35.1 Å². The summed E-state index contributed by atoms with van der Waals surface area (Å²) >= 11 is 0. The maximum atomic E-state index is 10.6. The van der Waals surface area contributed by atoms with Crippen LogP contribution in [-0.2, 0) is 4.79 Å². The van der Waals surface area contributed by atoms with Crippen LogP contribution in [-0.4, -0.2) is 18.5 Å². The molecule has 1 aliphatic carbocycles. The van der Waals surface area contributed by atoms with Crippen LogP contribution < -0.4 is 5.32 Å². The lowest BCUT2D eigenvalue weighted by molar-refractivity contribution is -0.104. The minimum absolute atomic E-state index is 0.187. The number of carbonyl (C=O) groups excluding carboxylic acids is 1. The third-order valence-corrected chi connectivity index (χ3v) is 2.63. The number of allylic oxidation sites excluding steroid dienone is 4. The van der Waals surface area contributed by atoms with E-state index in [4.69, 9.17) is 5.41 Å². The van der Waals surface area contributed by atoms with Gasteiger partial charge in [-0.2, -0.15) is 0 Å². The van der Waals surface area contributed by atoms with E-state index in [9.17, 15) is 4.79 Å². The number of hydrogen-bond acceptors (Lipinski definition) is 3. The summed E-state index contributed by atoms with van der Waals surface area (Å²) in [6.07, 6.45) is 10.3. The highest BCUT2D eigenvalue weighted by Crippen LogP contribution is 2.14. The van der Waals surface area contributed by atoms with E-state index in [0.717, 1.165) is 19.1 Å². The van der Waals surface area contributed by atoms with Crippen LogP contribution in [0.4, 0.5) is 0 Å². The molecule has 0 amide bonds. The molecule has 86 valence electrons. The lowest BCUT2D eigenvalue weighted by atomic mass is 10.0. The molecule has 0 bridgehead atoms. The van der Waals surface area contributed by atoms with Crippen molar-refractivity contribution in [1.29, 1.82) is 5.41 Å². The van der Waals surface area contributed by atoms with Crippen molar-refractivity contribution < 1.29 is 4.79 Å². The van der Waals surface area contributed by atoms with E-state index in [1.165, 1.54) is 11.8 Å². The highest BCUT2D eigenvalue weighted by molar-refractivity contribution is 5.86. The summed E-state index contributed by atoms with van der Waals surface area (Å²) in [6, 6.07) is 0.187. The summed E-state index contributed by atoms with van der Waals surface area (Å²) in [7, 11) is 0. The molecule has 3 nitrogen and oxygen atoms in total. The standard InChI is InChI=1S/C13H18N2O/c1-3-11-5-4-6-12(7-11)15-13(8-14)10(2)9-16/h4-5,7-9,12,14-15H,3,6H2,1-2H3/b13-10+,14-8?. The normalized spacial score (nSPS) is 20.9. The molecule has 1 atom stereocenters. The van der Waals surface area contributed by atoms with Crippen LogP contribution >= 0.6 is 0 Å². The predicted octanol–water partition coefficient (Wildman–Crippen LogP) is 2.36. The molecule has 1 aliphatic rings. The monoisotopic (exact) mass is 218 g/mol. The topological polar surface area (TPSA) is 53.0 Å². The number of nitrogens with one attached hydrogen (secondary N) is 2. The van der Waals surface area contributed by atoms with Gasteiger partial charge in [0, 0.05) is 17.8 Å². The first kappa shape index (κ1) is 12.4. The quantitative estimate of drug-likeness (QED) is 0.423. The molecule has 1 rings (SSSR count). The number of aldehydes is 1. The molecule has 2 N–H and O–H groups in total. The highest BCUT2D eigenvalue weighted by atomic mass is 16.1. The number of hydrogen-bond donors (Lipinski definition) is 2. The highest BCUT2D eigenvalue weighted by Gasteiger charge is 2.10.